The average Bonchev–Trinajstić information content (AvgIpc) is 2.73. The molecule has 5 heteroatoms. The molecule has 1 heterocycles. The summed E-state index contributed by atoms with van der Waals surface area (Å²) in [6.45, 7) is 1.98. The van der Waals surface area contributed by atoms with E-state index in [1.54, 1.807) is 19.3 Å². The van der Waals surface area contributed by atoms with Gasteiger partial charge in [-0.3, -0.25) is 0 Å². The minimum atomic E-state index is -0.455. The molecule has 0 saturated carbocycles. The molecule has 2 aromatic rings. The number of esters is 1. The standard InChI is InChI=1S/C22H23NO3S/c1-25-20-16-18(22(27)23-14-6-3-7-15-23)11-12-19(20)26-21(24)13-10-17-8-4-2-5-9-17/h2,4-5,8-13,16H,3,6-7,14-15H2,1H3/b13-10+. The minimum absolute atomic E-state index is 0.380. The number of piperidine rings is 1. The zero-order chi connectivity index (χ0) is 19.1. The Hall–Kier alpha value is -2.66. The van der Waals surface area contributed by atoms with Crippen LogP contribution in [0.2, 0.25) is 0 Å². The van der Waals surface area contributed by atoms with Gasteiger partial charge in [0.25, 0.3) is 0 Å². The van der Waals surface area contributed by atoms with Crippen LogP contribution in [0.15, 0.2) is 54.6 Å². The Labute approximate surface area is 165 Å². The van der Waals surface area contributed by atoms with Gasteiger partial charge in [0.15, 0.2) is 11.5 Å². The summed E-state index contributed by atoms with van der Waals surface area (Å²) in [7, 11) is 1.56. The highest BCUT2D eigenvalue weighted by Gasteiger charge is 2.17. The molecule has 3 rings (SSSR count). The van der Waals surface area contributed by atoms with Gasteiger partial charge in [0, 0.05) is 24.7 Å². The molecule has 140 valence electrons. The van der Waals surface area contributed by atoms with E-state index in [9.17, 15) is 4.79 Å². The molecule has 1 aliphatic rings. The quantitative estimate of drug-likeness (QED) is 0.331. The highest BCUT2D eigenvalue weighted by Crippen LogP contribution is 2.29. The second kappa shape index (κ2) is 9.33. The van der Waals surface area contributed by atoms with Crippen molar-refractivity contribution in [2.75, 3.05) is 20.2 Å². The summed E-state index contributed by atoms with van der Waals surface area (Å²) < 4.78 is 10.8. The van der Waals surface area contributed by atoms with E-state index in [1.165, 1.54) is 25.3 Å². The van der Waals surface area contributed by atoms with Crippen molar-refractivity contribution < 1.29 is 14.3 Å². The predicted molar refractivity (Wildman–Crippen MR) is 111 cm³/mol. The second-order valence-corrected chi connectivity index (χ2v) is 6.77. The van der Waals surface area contributed by atoms with Gasteiger partial charge in [0.05, 0.1) is 7.11 Å². The molecule has 0 aliphatic carbocycles. The smallest absolute Gasteiger partial charge is 0.336 e. The van der Waals surface area contributed by atoms with Crippen molar-refractivity contribution in [1.82, 2.24) is 4.90 Å². The van der Waals surface area contributed by atoms with E-state index in [0.29, 0.717) is 11.5 Å². The first kappa shape index (κ1) is 19.1. The Morgan fingerprint density at radius 2 is 1.78 bits per heavy atom. The molecule has 0 aromatic heterocycles. The van der Waals surface area contributed by atoms with Gasteiger partial charge in [-0.1, -0.05) is 42.5 Å². The zero-order valence-electron chi connectivity index (χ0n) is 15.4. The third-order valence-corrected chi connectivity index (χ3v) is 4.97. The van der Waals surface area contributed by atoms with Crippen molar-refractivity contribution in [3.8, 4) is 11.5 Å². The van der Waals surface area contributed by atoms with Crippen LogP contribution in [0, 0.1) is 0 Å². The fourth-order valence-electron chi connectivity index (χ4n) is 3.04. The molecule has 0 radical (unpaired) electrons. The lowest BCUT2D eigenvalue weighted by Gasteiger charge is -2.29. The first-order valence-electron chi connectivity index (χ1n) is 9.09. The van der Waals surface area contributed by atoms with Gasteiger partial charge < -0.3 is 14.4 Å². The van der Waals surface area contributed by atoms with Crippen LogP contribution in [-0.4, -0.2) is 36.1 Å². The van der Waals surface area contributed by atoms with Crippen LogP contribution in [0.5, 0.6) is 11.5 Å². The van der Waals surface area contributed by atoms with Crippen molar-refractivity contribution in [2.24, 2.45) is 0 Å². The lowest BCUT2D eigenvalue weighted by atomic mass is 10.1. The van der Waals surface area contributed by atoms with Gasteiger partial charge in [0.1, 0.15) is 4.99 Å². The predicted octanol–water partition coefficient (Wildman–Crippen LogP) is 4.48. The molecular weight excluding hydrogens is 358 g/mol. The number of likely N-dealkylation sites (tertiary alicyclic amines) is 1. The lowest BCUT2D eigenvalue weighted by molar-refractivity contribution is -0.129. The van der Waals surface area contributed by atoms with Crippen molar-refractivity contribution in [3.63, 3.8) is 0 Å². The van der Waals surface area contributed by atoms with Crippen LogP contribution in [0.4, 0.5) is 0 Å². The number of nitrogens with zero attached hydrogens (tertiary/aromatic N) is 1. The number of ether oxygens (including phenoxy) is 2. The second-order valence-electron chi connectivity index (χ2n) is 6.38. The largest absolute Gasteiger partial charge is 0.493 e. The average molecular weight is 381 g/mol. The van der Waals surface area contributed by atoms with Crippen LogP contribution in [0.25, 0.3) is 6.08 Å². The summed E-state index contributed by atoms with van der Waals surface area (Å²) in [6.07, 6.45) is 6.71. The van der Waals surface area contributed by atoms with Crippen molar-refractivity contribution >= 4 is 29.3 Å². The van der Waals surface area contributed by atoms with E-state index in [1.807, 2.05) is 42.5 Å². The topological polar surface area (TPSA) is 38.8 Å². The van der Waals surface area contributed by atoms with E-state index in [-0.39, 0.29) is 0 Å². The molecule has 0 spiro atoms. The Bertz CT molecular complexity index is 827. The molecule has 1 saturated heterocycles. The molecule has 27 heavy (non-hydrogen) atoms. The van der Waals surface area contributed by atoms with Gasteiger partial charge in [-0.2, -0.15) is 0 Å². The third kappa shape index (κ3) is 5.17. The highest BCUT2D eigenvalue weighted by molar-refractivity contribution is 7.80. The van der Waals surface area contributed by atoms with Crippen molar-refractivity contribution in [2.45, 2.75) is 19.3 Å². The Morgan fingerprint density at radius 3 is 2.48 bits per heavy atom. The number of benzene rings is 2. The maximum absolute atomic E-state index is 12.1. The molecule has 0 atom stereocenters. The summed E-state index contributed by atoms with van der Waals surface area (Å²) in [5.74, 6) is 0.419. The Morgan fingerprint density at radius 1 is 1.04 bits per heavy atom. The zero-order valence-corrected chi connectivity index (χ0v) is 16.2. The molecule has 0 N–H and O–H groups in total. The third-order valence-electron chi connectivity index (χ3n) is 4.48. The number of methoxy groups -OCH3 is 1. The molecule has 1 aliphatic heterocycles. The first-order valence-corrected chi connectivity index (χ1v) is 9.50. The van der Waals surface area contributed by atoms with Crippen LogP contribution < -0.4 is 9.47 Å². The minimum Gasteiger partial charge on any atom is -0.493 e. The van der Waals surface area contributed by atoms with E-state index in [0.717, 1.165) is 29.2 Å². The number of rotatable bonds is 5. The van der Waals surface area contributed by atoms with Gasteiger partial charge in [-0.25, -0.2) is 4.79 Å². The number of thiocarbonyl (C=S) groups is 1. The van der Waals surface area contributed by atoms with E-state index in [2.05, 4.69) is 4.90 Å². The molecule has 1 fully saturated rings. The SMILES string of the molecule is COc1cc(C(=S)N2CCCCC2)ccc1OC(=O)/C=C/c1ccccc1. The first-order chi connectivity index (χ1) is 13.2. The summed E-state index contributed by atoms with van der Waals surface area (Å²) >= 11 is 5.63. The van der Waals surface area contributed by atoms with Gasteiger partial charge in [-0.05, 0) is 49.1 Å². The molecular formula is C22H23NO3S. The Balaban J connectivity index is 1.69. The number of hydrogen-bond acceptors (Lipinski definition) is 4. The fourth-order valence-corrected chi connectivity index (χ4v) is 3.34. The van der Waals surface area contributed by atoms with Gasteiger partial charge in [-0.15, -0.1) is 0 Å². The molecule has 2 aromatic carbocycles. The lowest BCUT2D eigenvalue weighted by Crippen LogP contribution is -2.34. The monoisotopic (exact) mass is 381 g/mol. The Kier molecular flexibility index (Phi) is 6.60. The van der Waals surface area contributed by atoms with E-state index in [4.69, 9.17) is 21.7 Å². The molecule has 0 amide bonds. The van der Waals surface area contributed by atoms with E-state index >= 15 is 0 Å². The summed E-state index contributed by atoms with van der Waals surface area (Å²) in [4.78, 5) is 15.2. The van der Waals surface area contributed by atoms with Crippen LogP contribution >= 0.6 is 12.2 Å². The number of hydrogen-bond donors (Lipinski definition) is 0. The molecule has 0 unspecified atom stereocenters. The normalized spacial score (nSPS) is 14.2. The fraction of sp³-hybridized carbons (Fsp3) is 0.273. The summed E-state index contributed by atoms with van der Waals surface area (Å²) in [6, 6.07) is 15.0. The van der Waals surface area contributed by atoms with Gasteiger partial charge >= 0.3 is 5.97 Å². The van der Waals surface area contributed by atoms with Crippen LogP contribution in [0.1, 0.15) is 30.4 Å². The summed E-state index contributed by atoms with van der Waals surface area (Å²) in [5.41, 5.74) is 1.84. The van der Waals surface area contributed by atoms with E-state index < -0.39 is 5.97 Å². The van der Waals surface area contributed by atoms with Crippen LogP contribution in [-0.2, 0) is 4.79 Å². The maximum atomic E-state index is 12.1. The highest BCUT2D eigenvalue weighted by atomic mass is 32.1. The maximum Gasteiger partial charge on any atom is 0.336 e. The molecule has 0 bridgehead atoms. The van der Waals surface area contributed by atoms with Crippen molar-refractivity contribution in [1.29, 1.82) is 0 Å². The van der Waals surface area contributed by atoms with Crippen molar-refractivity contribution in [3.05, 3.63) is 65.7 Å². The van der Waals surface area contributed by atoms with Crippen LogP contribution in [0.3, 0.4) is 0 Å². The number of carbonyl (C=O) groups excluding carboxylic acids is 1. The summed E-state index contributed by atoms with van der Waals surface area (Å²) in [5, 5.41) is 0. The van der Waals surface area contributed by atoms with Gasteiger partial charge in [0.2, 0.25) is 0 Å². The molecule has 4 nitrogen and oxygen atoms in total. The number of carbonyl (C=O) groups is 1.